The summed E-state index contributed by atoms with van der Waals surface area (Å²) in [7, 11) is 0. The molecule has 1 heterocycles. The van der Waals surface area contributed by atoms with Crippen molar-refractivity contribution in [3.05, 3.63) is 87.2 Å². The van der Waals surface area contributed by atoms with Crippen molar-refractivity contribution in [2.75, 3.05) is 0 Å². The van der Waals surface area contributed by atoms with E-state index in [-0.39, 0.29) is 5.91 Å². The number of nitrogens with zero attached hydrogens (tertiary/aromatic N) is 2. The number of hydrogen-bond donors (Lipinski definition) is 1. The quantitative estimate of drug-likeness (QED) is 0.495. The van der Waals surface area contributed by atoms with E-state index in [0.717, 1.165) is 22.6 Å². The highest BCUT2D eigenvalue weighted by molar-refractivity contribution is 6.30. The summed E-state index contributed by atoms with van der Waals surface area (Å²) in [4.78, 5) is 12.1. The molecule has 0 aliphatic carbocycles. The Morgan fingerprint density at radius 3 is 2.41 bits per heavy atom. The maximum absolute atomic E-state index is 12.1. The second-order valence-electron chi connectivity index (χ2n) is 6.66. The molecule has 0 spiro atoms. The van der Waals surface area contributed by atoms with Crippen LogP contribution in [0, 0.1) is 27.7 Å². The van der Waals surface area contributed by atoms with Gasteiger partial charge in [0.2, 0.25) is 0 Å². The molecule has 5 heteroatoms. The van der Waals surface area contributed by atoms with Gasteiger partial charge in [-0.3, -0.25) is 4.79 Å². The highest BCUT2D eigenvalue weighted by Gasteiger charge is 2.11. The molecule has 1 N–H and O–H groups in total. The number of hydrazone groups is 1. The van der Waals surface area contributed by atoms with Gasteiger partial charge in [-0.25, -0.2) is 5.43 Å². The summed E-state index contributed by atoms with van der Waals surface area (Å²) in [6.45, 7) is 8.32. The molecule has 0 aliphatic heterocycles. The van der Waals surface area contributed by atoms with Gasteiger partial charge >= 0.3 is 0 Å². The van der Waals surface area contributed by atoms with Crippen molar-refractivity contribution in [1.29, 1.82) is 0 Å². The summed E-state index contributed by atoms with van der Waals surface area (Å²) in [6, 6.07) is 15.2. The Bertz CT molecular complexity index is 1020. The topological polar surface area (TPSA) is 46.4 Å². The van der Waals surface area contributed by atoms with Crippen LogP contribution < -0.4 is 5.43 Å². The normalized spacial score (nSPS) is 11.1. The molecule has 0 bridgehead atoms. The summed E-state index contributed by atoms with van der Waals surface area (Å²) >= 11 is 5.84. The lowest BCUT2D eigenvalue weighted by molar-refractivity contribution is 0.0955. The Kier molecular flexibility index (Phi) is 5.47. The Morgan fingerprint density at radius 2 is 1.74 bits per heavy atom. The lowest BCUT2D eigenvalue weighted by atomic mass is 10.1. The van der Waals surface area contributed by atoms with Crippen molar-refractivity contribution in [3.8, 4) is 5.69 Å². The zero-order valence-corrected chi connectivity index (χ0v) is 16.6. The Hall–Kier alpha value is -2.85. The number of halogens is 1. The molecule has 138 valence electrons. The SMILES string of the molecule is Cc1ccc(-n2c(C)cc(/C=N\NC(=O)c3ccc(Cl)cc3)c2C)c(C)c1. The van der Waals surface area contributed by atoms with Gasteiger partial charge in [-0.1, -0.05) is 29.3 Å². The number of hydrogen-bond acceptors (Lipinski definition) is 2. The van der Waals surface area contributed by atoms with Gasteiger partial charge < -0.3 is 4.57 Å². The minimum absolute atomic E-state index is 0.272. The van der Waals surface area contributed by atoms with Crippen molar-refractivity contribution < 1.29 is 4.79 Å². The third-order valence-corrected chi connectivity index (χ3v) is 4.79. The van der Waals surface area contributed by atoms with Crippen LogP contribution in [0.4, 0.5) is 0 Å². The second-order valence-corrected chi connectivity index (χ2v) is 7.09. The van der Waals surface area contributed by atoms with E-state index in [4.69, 9.17) is 11.6 Å². The summed E-state index contributed by atoms with van der Waals surface area (Å²) < 4.78 is 2.21. The van der Waals surface area contributed by atoms with Crippen LogP contribution in [0.5, 0.6) is 0 Å². The second kappa shape index (κ2) is 7.80. The molecular weight excluding hydrogens is 358 g/mol. The smallest absolute Gasteiger partial charge is 0.271 e. The van der Waals surface area contributed by atoms with Crippen LogP contribution in [0.2, 0.25) is 5.02 Å². The number of aromatic nitrogens is 1. The summed E-state index contributed by atoms with van der Waals surface area (Å²) in [5.41, 5.74) is 9.83. The molecule has 0 saturated heterocycles. The molecule has 2 aromatic carbocycles. The molecule has 0 atom stereocenters. The molecule has 27 heavy (non-hydrogen) atoms. The maximum Gasteiger partial charge on any atom is 0.271 e. The van der Waals surface area contributed by atoms with E-state index >= 15 is 0 Å². The number of amides is 1. The molecular formula is C22H22ClN3O. The molecule has 3 rings (SSSR count). The van der Waals surface area contributed by atoms with E-state index in [9.17, 15) is 4.79 Å². The zero-order valence-electron chi connectivity index (χ0n) is 15.9. The molecule has 0 aliphatic rings. The van der Waals surface area contributed by atoms with Crippen LogP contribution in [0.25, 0.3) is 5.69 Å². The van der Waals surface area contributed by atoms with Crippen LogP contribution in [0.3, 0.4) is 0 Å². The van der Waals surface area contributed by atoms with Crippen LogP contribution in [0.15, 0.2) is 53.6 Å². The Balaban J connectivity index is 1.81. The molecule has 1 aromatic heterocycles. The fourth-order valence-corrected chi connectivity index (χ4v) is 3.30. The number of benzene rings is 2. The number of aryl methyl sites for hydroxylation is 3. The zero-order chi connectivity index (χ0) is 19.6. The minimum atomic E-state index is -0.272. The number of rotatable bonds is 4. The first kappa shape index (κ1) is 18.9. The first-order chi connectivity index (χ1) is 12.9. The fourth-order valence-electron chi connectivity index (χ4n) is 3.17. The predicted octanol–water partition coefficient (Wildman–Crippen LogP) is 5.13. The summed E-state index contributed by atoms with van der Waals surface area (Å²) in [5, 5.41) is 4.71. The third-order valence-electron chi connectivity index (χ3n) is 4.54. The molecule has 4 nitrogen and oxygen atoms in total. The van der Waals surface area contributed by atoms with Crippen LogP contribution in [-0.2, 0) is 0 Å². The molecule has 0 radical (unpaired) electrons. The maximum atomic E-state index is 12.1. The van der Waals surface area contributed by atoms with Crippen molar-refractivity contribution in [2.45, 2.75) is 27.7 Å². The van der Waals surface area contributed by atoms with Crippen molar-refractivity contribution in [2.24, 2.45) is 5.10 Å². The van der Waals surface area contributed by atoms with E-state index < -0.39 is 0 Å². The number of nitrogens with one attached hydrogen (secondary N) is 1. The van der Waals surface area contributed by atoms with Gasteiger partial charge in [-0.05, 0) is 69.7 Å². The van der Waals surface area contributed by atoms with E-state index in [1.807, 2.05) is 0 Å². The van der Waals surface area contributed by atoms with Crippen LogP contribution in [0.1, 0.15) is 38.4 Å². The molecule has 3 aromatic rings. The van der Waals surface area contributed by atoms with Gasteiger partial charge in [0.15, 0.2) is 0 Å². The summed E-state index contributed by atoms with van der Waals surface area (Å²) in [6.07, 6.45) is 1.68. The van der Waals surface area contributed by atoms with E-state index in [1.165, 1.54) is 11.1 Å². The van der Waals surface area contributed by atoms with Crippen LogP contribution in [-0.4, -0.2) is 16.7 Å². The van der Waals surface area contributed by atoms with E-state index in [2.05, 4.69) is 67.1 Å². The number of carbonyl (C=O) groups excluding carboxylic acids is 1. The average Bonchev–Trinajstić information content (AvgIpc) is 2.90. The summed E-state index contributed by atoms with van der Waals surface area (Å²) in [5.74, 6) is -0.272. The Morgan fingerprint density at radius 1 is 1.04 bits per heavy atom. The minimum Gasteiger partial charge on any atom is -0.318 e. The molecule has 0 saturated carbocycles. The number of carbonyl (C=O) groups is 1. The van der Waals surface area contributed by atoms with Crippen LogP contribution >= 0.6 is 11.6 Å². The van der Waals surface area contributed by atoms with Gasteiger partial charge in [0.1, 0.15) is 0 Å². The van der Waals surface area contributed by atoms with Crippen molar-refractivity contribution >= 4 is 23.7 Å². The lowest BCUT2D eigenvalue weighted by Gasteiger charge is -2.13. The van der Waals surface area contributed by atoms with Gasteiger partial charge in [0, 0.05) is 33.2 Å². The first-order valence-electron chi connectivity index (χ1n) is 8.72. The molecule has 0 unspecified atom stereocenters. The standard InChI is InChI=1S/C22H22ClN3O/c1-14-5-10-21(15(2)11-14)26-16(3)12-19(17(26)4)13-24-25-22(27)18-6-8-20(23)9-7-18/h5-13H,1-4H3,(H,25,27)/b24-13-. The average molecular weight is 380 g/mol. The first-order valence-corrected chi connectivity index (χ1v) is 9.10. The highest BCUT2D eigenvalue weighted by atomic mass is 35.5. The van der Waals surface area contributed by atoms with E-state index in [1.54, 1.807) is 30.5 Å². The largest absolute Gasteiger partial charge is 0.318 e. The Labute approximate surface area is 164 Å². The monoisotopic (exact) mass is 379 g/mol. The van der Waals surface area contributed by atoms with Gasteiger partial charge in [-0.2, -0.15) is 5.10 Å². The fraction of sp³-hybridized carbons (Fsp3) is 0.182. The van der Waals surface area contributed by atoms with E-state index in [0.29, 0.717) is 10.6 Å². The third kappa shape index (κ3) is 4.12. The van der Waals surface area contributed by atoms with Gasteiger partial charge in [0.05, 0.1) is 6.21 Å². The highest BCUT2D eigenvalue weighted by Crippen LogP contribution is 2.23. The molecule has 1 amide bonds. The predicted molar refractivity (Wildman–Crippen MR) is 111 cm³/mol. The van der Waals surface area contributed by atoms with Gasteiger partial charge in [0.25, 0.3) is 5.91 Å². The van der Waals surface area contributed by atoms with Gasteiger partial charge in [-0.15, -0.1) is 0 Å². The lowest BCUT2D eigenvalue weighted by Crippen LogP contribution is -2.17. The molecule has 0 fully saturated rings. The van der Waals surface area contributed by atoms with Crippen molar-refractivity contribution in [1.82, 2.24) is 9.99 Å². The van der Waals surface area contributed by atoms with Crippen molar-refractivity contribution in [3.63, 3.8) is 0 Å².